The summed E-state index contributed by atoms with van der Waals surface area (Å²) in [6, 6.07) is 66.6. The monoisotopic (exact) mass is 677 g/mol. The smallest absolute Gasteiger partial charge is 0.145 e. The molecule has 0 aliphatic rings. The second-order valence-electron chi connectivity index (χ2n) is 13.6. The summed E-state index contributed by atoms with van der Waals surface area (Å²) in [5.41, 5.74) is 14.0. The standard InChI is InChI=1S/C49H31N3O/c1-2-12-32(13-3-1)34-14-10-15-37(30-34)52-46-22-8-6-20-43(46)50-49(52)33-24-27-36(28-25-33)51-44-21-7-4-16-39(44)42-31-35(26-29-45(42)51)38-18-11-19-41-40-17-5-9-23-47(40)53-48(38)41/h1-31H. The molecule has 4 nitrogen and oxygen atoms in total. The predicted molar refractivity (Wildman–Crippen MR) is 219 cm³/mol. The van der Waals surface area contributed by atoms with E-state index in [1.807, 2.05) is 12.1 Å². The van der Waals surface area contributed by atoms with Crippen LogP contribution in [0.1, 0.15) is 0 Å². The maximum atomic E-state index is 6.43. The van der Waals surface area contributed by atoms with Crippen LogP contribution >= 0.6 is 0 Å². The molecule has 0 fully saturated rings. The SMILES string of the molecule is c1ccc(-c2cccc(-n3c(-c4ccc(-n5c6ccccc6c6cc(-c7cccc8c7oc7ccccc78)ccc65)cc4)nc4ccccc43)c2)cc1. The molecule has 0 saturated carbocycles. The molecule has 11 aromatic rings. The summed E-state index contributed by atoms with van der Waals surface area (Å²) in [5.74, 6) is 0.912. The lowest BCUT2D eigenvalue weighted by atomic mass is 10.0. The van der Waals surface area contributed by atoms with E-state index < -0.39 is 0 Å². The van der Waals surface area contributed by atoms with Crippen molar-refractivity contribution in [1.82, 2.24) is 14.1 Å². The second-order valence-corrected chi connectivity index (χ2v) is 13.6. The lowest BCUT2D eigenvalue weighted by molar-refractivity contribution is 0.670. The molecule has 0 atom stereocenters. The molecular weight excluding hydrogens is 647 g/mol. The third-order valence-electron chi connectivity index (χ3n) is 10.5. The van der Waals surface area contributed by atoms with Crippen LogP contribution in [-0.2, 0) is 0 Å². The Balaban J connectivity index is 1.04. The van der Waals surface area contributed by atoms with Gasteiger partial charge in [-0.15, -0.1) is 0 Å². The molecule has 248 valence electrons. The number of benzene rings is 8. The normalized spacial score (nSPS) is 11.8. The van der Waals surface area contributed by atoms with Gasteiger partial charge in [-0.3, -0.25) is 4.57 Å². The number of imidazole rings is 1. The lowest BCUT2D eigenvalue weighted by Crippen LogP contribution is -1.99. The molecule has 0 spiro atoms. The average Bonchev–Trinajstić information content (AvgIpc) is 3.91. The number of rotatable bonds is 5. The van der Waals surface area contributed by atoms with E-state index in [0.29, 0.717) is 0 Å². The molecule has 0 saturated heterocycles. The first-order chi connectivity index (χ1) is 26.3. The fraction of sp³-hybridized carbons (Fsp3) is 0. The highest BCUT2D eigenvalue weighted by atomic mass is 16.3. The van der Waals surface area contributed by atoms with E-state index in [0.717, 1.165) is 72.4 Å². The van der Waals surface area contributed by atoms with Gasteiger partial charge >= 0.3 is 0 Å². The topological polar surface area (TPSA) is 35.9 Å². The van der Waals surface area contributed by atoms with Crippen LogP contribution < -0.4 is 0 Å². The predicted octanol–water partition coefficient (Wildman–Crippen LogP) is 13.0. The number of fused-ring (bicyclic) bond motifs is 7. The Kier molecular flexibility index (Phi) is 6.52. The molecule has 0 aliphatic heterocycles. The van der Waals surface area contributed by atoms with Gasteiger partial charge in [-0.2, -0.15) is 0 Å². The van der Waals surface area contributed by atoms with Gasteiger partial charge in [-0.1, -0.05) is 115 Å². The molecule has 3 aromatic heterocycles. The van der Waals surface area contributed by atoms with Gasteiger partial charge in [-0.05, 0) is 89.5 Å². The van der Waals surface area contributed by atoms with Crippen molar-refractivity contribution in [2.24, 2.45) is 0 Å². The van der Waals surface area contributed by atoms with E-state index in [1.54, 1.807) is 0 Å². The van der Waals surface area contributed by atoms with Gasteiger partial charge in [0, 0.05) is 44.0 Å². The number of para-hydroxylation sites is 5. The fourth-order valence-corrected chi connectivity index (χ4v) is 8.09. The third-order valence-corrected chi connectivity index (χ3v) is 10.5. The number of furan rings is 1. The zero-order valence-corrected chi connectivity index (χ0v) is 28.6. The highest BCUT2D eigenvalue weighted by Crippen LogP contribution is 2.40. The number of hydrogen-bond acceptors (Lipinski definition) is 2. The quantitative estimate of drug-likeness (QED) is 0.182. The first kappa shape index (κ1) is 29.5. The minimum absolute atomic E-state index is 0.910. The minimum atomic E-state index is 0.910. The van der Waals surface area contributed by atoms with Crippen molar-refractivity contribution in [3.05, 3.63) is 188 Å². The number of hydrogen-bond donors (Lipinski definition) is 0. The fourth-order valence-electron chi connectivity index (χ4n) is 8.09. The highest BCUT2D eigenvalue weighted by Gasteiger charge is 2.18. The molecule has 8 aromatic carbocycles. The molecule has 0 amide bonds. The molecule has 3 heterocycles. The van der Waals surface area contributed by atoms with Crippen molar-refractivity contribution < 1.29 is 4.42 Å². The Morgan fingerprint density at radius 2 is 1.06 bits per heavy atom. The Hall–Kier alpha value is -7.17. The van der Waals surface area contributed by atoms with Gasteiger partial charge in [0.2, 0.25) is 0 Å². The van der Waals surface area contributed by atoms with Gasteiger partial charge < -0.3 is 8.98 Å². The first-order valence-electron chi connectivity index (χ1n) is 18.0. The molecule has 0 N–H and O–H groups in total. The van der Waals surface area contributed by atoms with Gasteiger partial charge in [0.15, 0.2) is 0 Å². The lowest BCUT2D eigenvalue weighted by Gasteiger charge is -2.13. The summed E-state index contributed by atoms with van der Waals surface area (Å²) in [5, 5.41) is 4.69. The minimum Gasteiger partial charge on any atom is -0.455 e. The van der Waals surface area contributed by atoms with Crippen LogP contribution in [0.3, 0.4) is 0 Å². The summed E-state index contributed by atoms with van der Waals surface area (Å²) >= 11 is 0. The van der Waals surface area contributed by atoms with Gasteiger partial charge in [0.05, 0.1) is 22.1 Å². The molecule has 11 rings (SSSR count). The Morgan fingerprint density at radius 3 is 1.94 bits per heavy atom. The van der Waals surface area contributed by atoms with Crippen LogP contribution in [0, 0.1) is 0 Å². The maximum absolute atomic E-state index is 6.43. The summed E-state index contributed by atoms with van der Waals surface area (Å²) in [7, 11) is 0. The van der Waals surface area contributed by atoms with Gasteiger partial charge in [-0.25, -0.2) is 4.98 Å². The molecule has 0 bridgehead atoms. The first-order valence-corrected chi connectivity index (χ1v) is 18.0. The van der Waals surface area contributed by atoms with Crippen LogP contribution in [0.5, 0.6) is 0 Å². The van der Waals surface area contributed by atoms with Gasteiger partial charge in [0.25, 0.3) is 0 Å². The molecular formula is C49H31N3O. The summed E-state index contributed by atoms with van der Waals surface area (Å²) < 4.78 is 11.1. The van der Waals surface area contributed by atoms with Crippen molar-refractivity contribution >= 4 is 54.8 Å². The number of aromatic nitrogens is 3. The van der Waals surface area contributed by atoms with Crippen LogP contribution in [-0.4, -0.2) is 14.1 Å². The van der Waals surface area contributed by atoms with Gasteiger partial charge in [0.1, 0.15) is 17.0 Å². The van der Waals surface area contributed by atoms with Crippen molar-refractivity contribution in [1.29, 1.82) is 0 Å². The van der Waals surface area contributed by atoms with E-state index in [2.05, 4.69) is 185 Å². The maximum Gasteiger partial charge on any atom is 0.145 e. The Bertz CT molecular complexity index is 3160. The summed E-state index contributed by atoms with van der Waals surface area (Å²) in [6.45, 7) is 0. The molecule has 53 heavy (non-hydrogen) atoms. The van der Waals surface area contributed by atoms with Crippen molar-refractivity contribution in [2.75, 3.05) is 0 Å². The van der Waals surface area contributed by atoms with Crippen LogP contribution in [0.4, 0.5) is 0 Å². The summed E-state index contributed by atoms with van der Waals surface area (Å²) in [4.78, 5) is 5.18. The van der Waals surface area contributed by atoms with E-state index in [4.69, 9.17) is 9.40 Å². The van der Waals surface area contributed by atoms with E-state index in [9.17, 15) is 0 Å². The Labute approximate surface area is 305 Å². The molecule has 0 unspecified atom stereocenters. The largest absolute Gasteiger partial charge is 0.455 e. The zero-order chi connectivity index (χ0) is 34.9. The average molecular weight is 678 g/mol. The molecule has 0 aliphatic carbocycles. The van der Waals surface area contributed by atoms with Crippen molar-refractivity contribution in [3.8, 4) is 45.0 Å². The van der Waals surface area contributed by atoms with Crippen LogP contribution in [0.25, 0.3) is 99.8 Å². The molecule has 4 heteroatoms. The number of nitrogens with zero attached hydrogens (tertiary/aromatic N) is 3. The van der Waals surface area contributed by atoms with Crippen molar-refractivity contribution in [3.63, 3.8) is 0 Å². The second kappa shape index (κ2) is 11.7. The van der Waals surface area contributed by atoms with E-state index >= 15 is 0 Å². The zero-order valence-electron chi connectivity index (χ0n) is 28.6. The van der Waals surface area contributed by atoms with Crippen molar-refractivity contribution in [2.45, 2.75) is 0 Å². The van der Waals surface area contributed by atoms with E-state index in [1.165, 1.54) is 27.4 Å². The van der Waals surface area contributed by atoms with Crippen LogP contribution in [0.2, 0.25) is 0 Å². The third kappa shape index (κ3) is 4.66. The summed E-state index contributed by atoms with van der Waals surface area (Å²) in [6.07, 6.45) is 0. The van der Waals surface area contributed by atoms with E-state index in [-0.39, 0.29) is 0 Å². The highest BCUT2D eigenvalue weighted by molar-refractivity contribution is 6.13. The Morgan fingerprint density at radius 1 is 0.377 bits per heavy atom. The molecule has 0 radical (unpaired) electrons. The van der Waals surface area contributed by atoms with Crippen LogP contribution in [0.15, 0.2) is 192 Å².